The van der Waals surface area contributed by atoms with Crippen LogP contribution in [-0.2, 0) is 11.2 Å². The third-order valence-corrected chi connectivity index (χ3v) is 6.91. The molecule has 2 aromatic heterocycles. The number of para-hydroxylation sites is 2. The van der Waals surface area contributed by atoms with Gasteiger partial charge in [-0.1, -0.05) is 18.2 Å². The molecule has 190 valence electrons. The third-order valence-electron chi connectivity index (χ3n) is 6.91. The summed E-state index contributed by atoms with van der Waals surface area (Å²) in [7, 11) is 1.57. The highest BCUT2D eigenvalue weighted by Gasteiger charge is 2.28. The van der Waals surface area contributed by atoms with Crippen LogP contribution in [-0.4, -0.2) is 78.0 Å². The smallest absolute Gasteiger partial charge is 0.258 e. The van der Waals surface area contributed by atoms with E-state index in [2.05, 4.69) is 14.9 Å². The summed E-state index contributed by atoms with van der Waals surface area (Å²) in [6, 6.07) is 18.9. The highest BCUT2D eigenvalue weighted by Crippen LogP contribution is 2.29. The van der Waals surface area contributed by atoms with Crippen LogP contribution in [0.5, 0.6) is 5.75 Å². The summed E-state index contributed by atoms with van der Waals surface area (Å²) in [4.78, 5) is 40.2. The second-order valence-corrected chi connectivity index (χ2v) is 9.17. The van der Waals surface area contributed by atoms with Crippen molar-refractivity contribution in [2.75, 3.05) is 51.3 Å². The molecule has 0 bridgehead atoms. The highest BCUT2D eigenvalue weighted by atomic mass is 16.5. The average Bonchev–Trinajstić information content (AvgIpc) is 3.43. The fourth-order valence-corrected chi connectivity index (χ4v) is 4.75. The number of H-pyrrole nitrogens is 1. The van der Waals surface area contributed by atoms with Crippen LogP contribution in [0.15, 0.2) is 79.3 Å². The molecule has 8 heteroatoms. The molecule has 1 fully saturated rings. The lowest BCUT2D eigenvalue weighted by Crippen LogP contribution is -2.52. The van der Waals surface area contributed by atoms with Gasteiger partial charge in [-0.05, 0) is 59.8 Å². The number of aromatic nitrogens is 2. The van der Waals surface area contributed by atoms with Crippen LogP contribution >= 0.6 is 0 Å². The monoisotopic (exact) mass is 497 g/mol. The quantitative estimate of drug-likeness (QED) is 0.402. The molecule has 1 aliphatic heterocycles. The van der Waals surface area contributed by atoms with Crippen LogP contribution in [0, 0.1) is 0 Å². The van der Waals surface area contributed by atoms with Crippen LogP contribution in [0.4, 0.5) is 5.69 Å². The van der Waals surface area contributed by atoms with Crippen molar-refractivity contribution in [3.63, 3.8) is 0 Å². The number of nitrogens with zero attached hydrogens (tertiary/aromatic N) is 4. The molecule has 8 nitrogen and oxygen atoms in total. The number of pyridine rings is 1. The lowest BCUT2D eigenvalue weighted by Gasteiger charge is -2.36. The van der Waals surface area contributed by atoms with E-state index in [1.54, 1.807) is 19.2 Å². The fourth-order valence-electron chi connectivity index (χ4n) is 4.75. The second kappa shape index (κ2) is 11.3. The van der Waals surface area contributed by atoms with Gasteiger partial charge in [-0.25, -0.2) is 0 Å². The number of ether oxygens (including phenoxy) is 1. The number of hydrogen-bond donors (Lipinski definition) is 1. The molecular weight excluding hydrogens is 466 g/mol. The Bertz CT molecular complexity index is 1360. The minimum absolute atomic E-state index is 0.0566. The van der Waals surface area contributed by atoms with E-state index in [4.69, 9.17) is 4.74 Å². The molecule has 2 amide bonds. The van der Waals surface area contributed by atoms with Crippen LogP contribution in [0.25, 0.3) is 10.9 Å². The third kappa shape index (κ3) is 5.65. The molecule has 0 aliphatic carbocycles. The van der Waals surface area contributed by atoms with Crippen molar-refractivity contribution in [1.82, 2.24) is 19.8 Å². The van der Waals surface area contributed by atoms with E-state index in [1.165, 1.54) is 10.5 Å². The zero-order valence-electron chi connectivity index (χ0n) is 21.0. The van der Waals surface area contributed by atoms with Gasteiger partial charge in [-0.3, -0.25) is 24.4 Å². The summed E-state index contributed by atoms with van der Waals surface area (Å²) in [6.07, 6.45) is 6.43. The normalized spacial score (nSPS) is 14.0. The molecule has 0 saturated carbocycles. The molecule has 0 unspecified atom stereocenters. The molecule has 1 saturated heterocycles. The van der Waals surface area contributed by atoms with Crippen molar-refractivity contribution in [2.24, 2.45) is 0 Å². The summed E-state index contributed by atoms with van der Waals surface area (Å²) in [5.74, 6) is 0.227. The van der Waals surface area contributed by atoms with Gasteiger partial charge in [-0.15, -0.1) is 0 Å². The van der Waals surface area contributed by atoms with E-state index >= 15 is 0 Å². The number of amides is 2. The van der Waals surface area contributed by atoms with Gasteiger partial charge < -0.3 is 14.6 Å². The van der Waals surface area contributed by atoms with Crippen LogP contribution < -0.4 is 9.64 Å². The molecule has 2 aromatic carbocycles. The highest BCUT2D eigenvalue weighted by molar-refractivity contribution is 6.10. The van der Waals surface area contributed by atoms with Gasteiger partial charge >= 0.3 is 0 Å². The summed E-state index contributed by atoms with van der Waals surface area (Å²) >= 11 is 0. The maximum atomic E-state index is 13.7. The number of rotatable bonds is 8. The van der Waals surface area contributed by atoms with Gasteiger partial charge in [0.2, 0.25) is 5.91 Å². The Balaban J connectivity index is 1.28. The standard InChI is InChI=1S/C29H31N5O3/c1-37-27-5-3-2-4-26(27)34(29(36)24-7-6-23-10-14-31-25(23)20-24)21-28(35)33-18-16-32(17-19-33)15-11-22-8-12-30-13-9-22/h2-10,12-14,20,31H,11,15-19,21H2,1H3. The van der Waals surface area contributed by atoms with E-state index in [9.17, 15) is 9.59 Å². The van der Waals surface area contributed by atoms with Gasteiger partial charge in [0, 0.05) is 62.4 Å². The molecule has 0 spiro atoms. The number of aromatic amines is 1. The SMILES string of the molecule is COc1ccccc1N(CC(=O)N1CCN(CCc2ccncc2)CC1)C(=O)c1ccc2cc[nH]c2c1. The number of anilines is 1. The Morgan fingerprint density at radius 3 is 2.57 bits per heavy atom. The average molecular weight is 498 g/mol. The maximum Gasteiger partial charge on any atom is 0.258 e. The Labute approximate surface area is 216 Å². The number of benzene rings is 2. The van der Waals surface area contributed by atoms with Crippen molar-refractivity contribution in [2.45, 2.75) is 6.42 Å². The zero-order chi connectivity index (χ0) is 25.6. The molecule has 1 N–H and O–H groups in total. The van der Waals surface area contributed by atoms with Crippen LogP contribution in [0.3, 0.4) is 0 Å². The molecule has 4 aromatic rings. The van der Waals surface area contributed by atoms with Gasteiger partial charge in [-0.2, -0.15) is 0 Å². The summed E-state index contributed by atoms with van der Waals surface area (Å²) in [5, 5.41) is 1.03. The molecular formula is C29H31N5O3. The van der Waals surface area contributed by atoms with Crippen LogP contribution in [0.2, 0.25) is 0 Å². The Morgan fingerprint density at radius 2 is 1.78 bits per heavy atom. The van der Waals surface area contributed by atoms with Crippen molar-refractivity contribution >= 4 is 28.4 Å². The number of piperazine rings is 1. The number of carbonyl (C=O) groups is 2. The topological polar surface area (TPSA) is 81.8 Å². The first-order valence-corrected chi connectivity index (χ1v) is 12.5. The summed E-state index contributed by atoms with van der Waals surface area (Å²) in [6.45, 7) is 3.78. The van der Waals surface area contributed by atoms with E-state index in [0.29, 0.717) is 30.1 Å². The summed E-state index contributed by atoms with van der Waals surface area (Å²) < 4.78 is 5.54. The van der Waals surface area contributed by atoms with Crippen molar-refractivity contribution in [3.8, 4) is 5.75 Å². The van der Waals surface area contributed by atoms with Gasteiger partial charge in [0.1, 0.15) is 12.3 Å². The van der Waals surface area contributed by atoms with E-state index in [-0.39, 0.29) is 18.4 Å². The summed E-state index contributed by atoms with van der Waals surface area (Å²) in [5.41, 5.74) is 3.22. The zero-order valence-corrected chi connectivity index (χ0v) is 21.0. The number of hydrogen-bond acceptors (Lipinski definition) is 5. The van der Waals surface area contributed by atoms with Crippen molar-refractivity contribution in [1.29, 1.82) is 0 Å². The number of methoxy groups -OCH3 is 1. The van der Waals surface area contributed by atoms with Gasteiger partial charge in [0.25, 0.3) is 5.91 Å². The molecule has 3 heterocycles. The Kier molecular flexibility index (Phi) is 7.46. The lowest BCUT2D eigenvalue weighted by molar-refractivity contribution is -0.131. The van der Waals surface area contributed by atoms with Gasteiger partial charge in [0.15, 0.2) is 0 Å². The van der Waals surface area contributed by atoms with E-state index < -0.39 is 0 Å². The van der Waals surface area contributed by atoms with Gasteiger partial charge in [0.05, 0.1) is 12.8 Å². The molecule has 1 aliphatic rings. The van der Waals surface area contributed by atoms with Crippen molar-refractivity contribution < 1.29 is 14.3 Å². The minimum Gasteiger partial charge on any atom is -0.495 e. The molecule has 0 atom stereocenters. The van der Waals surface area contributed by atoms with Crippen molar-refractivity contribution in [3.05, 3.63) is 90.4 Å². The number of fused-ring (bicyclic) bond motifs is 1. The fraction of sp³-hybridized carbons (Fsp3) is 0.276. The van der Waals surface area contributed by atoms with E-state index in [1.807, 2.05) is 72.0 Å². The maximum absolute atomic E-state index is 13.7. The molecule has 0 radical (unpaired) electrons. The first-order chi connectivity index (χ1) is 18.1. The van der Waals surface area contributed by atoms with Crippen LogP contribution in [0.1, 0.15) is 15.9 Å². The Morgan fingerprint density at radius 1 is 1.00 bits per heavy atom. The number of carbonyl (C=O) groups excluding carboxylic acids is 2. The largest absolute Gasteiger partial charge is 0.495 e. The first-order valence-electron chi connectivity index (χ1n) is 12.5. The first kappa shape index (κ1) is 24.5. The predicted octanol–water partition coefficient (Wildman–Crippen LogP) is 3.61. The number of nitrogens with one attached hydrogen (secondary N) is 1. The Hall–Kier alpha value is -4.17. The predicted molar refractivity (Wildman–Crippen MR) is 144 cm³/mol. The second-order valence-electron chi connectivity index (χ2n) is 9.17. The lowest BCUT2D eigenvalue weighted by atomic mass is 10.1. The van der Waals surface area contributed by atoms with E-state index in [0.717, 1.165) is 37.0 Å². The molecule has 5 rings (SSSR count). The molecule has 37 heavy (non-hydrogen) atoms. The minimum atomic E-state index is -0.245.